The van der Waals surface area contributed by atoms with Gasteiger partial charge in [-0.15, -0.1) is 11.3 Å². The van der Waals surface area contributed by atoms with E-state index in [0.717, 1.165) is 26.7 Å². The molecular formula is C14H16F3N3O2S. The molecule has 2 rings (SSSR count). The second-order valence-electron chi connectivity index (χ2n) is 5.48. The minimum Gasteiger partial charge on any atom is -0.307 e. The minimum atomic E-state index is -4.40. The Morgan fingerprint density at radius 3 is 2.39 bits per heavy atom. The normalized spacial score (nSPS) is 12.3. The molecule has 5 nitrogen and oxygen atoms in total. The van der Waals surface area contributed by atoms with Crippen molar-refractivity contribution in [1.29, 1.82) is 5.41 Å². The van der Waals surface area contributed by atoms with Crippen LogP contribution in [-0.4, -0.2) is 21.5 Å². The van der Waals surface area contributed by atoms with Gasteiger partial charge in [-0.2, -0.15) is 13.2 Å². The van der Waals surface area contributed by atoms with Crippen molar-refractivity contribution in [3.8, 4) is 0 Å². The Morgan fingerprint density at radius 2 is 1.91 bits per heavy atom. The van der Waals surface area contributed by atoms with Crippen molar-refractivity contribution >= 4 is 27.8 Å². The number of hydrogen-bond acceptors (Lipinski definition) is 4. The lowest BCUT2D eigenvalue weighted by atomic mass is 10.2. The highest BCUT2D eigenvalue weighted by Crippen LogP contribution is 2.28. The van der Waals surface area contributed by atoms with Gasteiger partial charge in [0.25, 0.3) is 5.56 Å². The van der Waals surface area contributed by atoms with Gasteiger partial charge in [-0.1, -0.05) is 0 Å². The van der Waals surface area contributed by atoms with E-state index in [1.54, 1.807) is 20.8 Å². The van der Waals surface area contributed by atoms with Crippen LogP contribution in [-0.2, 0) is 6.54 Å². The van der Waals surface area contributed by atoms with E-state index in [-0.39, 0.29) is 10.2 Å². The predicted molar refractivity (Wildman–Crippen MR) is 84.0 cm³/mol. The molecular weight excluding hydrogens is 331 g/mol. The first-order chi connectivity index (χ1) is 10.6. The lowest BCUT2D eigenvalue weighted by Crippen LogP contribution is -2.41. The van der Waals surface area contributed by atoms with Crippen LogP contribution in [0.15, 0.2) is 9.59 Å². The van der Waals surface area contributed by atoms with Gasteiger partial charge in [0.1, 0.15) is 4.83 Å². The Labute approximate surface area is 133 Å². The largest absolute Gasteiger partial charge is 0.390 e. The molecule has 2 heterocycles. The van der Waals surface area contributed by atoms with Crippen molar-refractivity contribution in [1.82, 2.24) is 9.13 Å². The molecule has 23 heavy (non-hydrogen) atoms. The van der Waals surface area contributed by atoms with Crippen molar-refractivity contribution < 1.29 is 13.2 Å². The van der Waals surface area contributed by atoms with Gasteiger partial charge >= 0.3 is 11.9 Å². The highest BCUT2D eigenvalue weighted by molar-refractivity contribution is 7.20. The summed E-state index contributed by atoms with van der Waals surface area (Å²) >= 11 is 0.989. The first kappa shape index (κ1) is 17.5. The van der Waals surface area contributed by atoms with Crippen LogP contribution in [0.2, 0.25) is 0 Å². The molecule has 9 heteroatoms. The maximum absolute atomic E-state index is 12.6. The summed E-state index contributed by atoms with van der Waals surface area (Å²) in [5.74, 6) is 0. The van der Waals surface area contributed by atoms with Crippen molar-refractivity contribution in [2.24, 2.45) is 0 Å². The third-order valence-electron chi connectivity index (χ3n) is 3.55. The fourth-order valence-electron chi connectivity index (χ4n) is 2.41. The van der Waals surface area contributed by atoms with Gasteiger partial charge < -0.3 is 5.41 Å². The van der Waals surface area contributed by atoms with Gasteiger partial charge in [-0.25, -0.2) is 4.79 Å². The zero-order valence-corrected chi connectivity index (χ0v) is 13.6. The molecule has 126 valence electrons. The fourth-order valence-corrected chi connectivity index (χ4v) is 3.55. The Balaban J connectivity index is 2.86. The molecule has 1 N–H and O–H groups in total. The first-order valence-electron chi connectivity index (χ1n) is 6.94. The molecule has 2 aromatic heterocycles. The summed E-state index contributed by atoms with van der Waals surface area (Å²) in [6.45, 7) is 4.33. The lowest BCUT2D eigenvalue weighted by Gasteiger charge is -2.15. The summed E-state index contributed by atoms with van der Waals surface area (Å²) in [7, 11) is 0. The average Bonchev–Trinajstić information content (AvgIpc) is 2.74. The second kappa shape index (κ2) is 5.95. The molecule has 0 aliphatic carbocycles. The zero-order valence-electron chi connectivity index (χ0n) is 12.8. The summed E-state index contributed by atoms with van der Waals surface area (Å²) in [6.07, 6.45) is -4.52. The minimum absolute atomic E-state index is 0.192. The molecule has 0 radical (unpaired) electrons. The Kier molecular flexibility index (Phi) is 4.52. The summed E-state index contributed by atoms with van der Waals surface area (Å²) in [4.78, 5) is 25.7. The highest BCUT2D eigenvalue weighted by Gasteiger charge is 2.28. The molecule has 0 fully saturated rings. The molecule has 0 saturated heterocycles. The van der Waals surface area contributed by atoms with Gasteiger partial charge in [0.05, 0.1) is 16.7 Å². The summed E-state index contributed by atoms with van der Waals surface area (Å²) < 4.78 is 39.6. The van der Waals surface area contributed by atoms with Crippen LogP contribution in [0, 0.1) is 12.3 Å². The Hall–Kier alpha value is -1.90. The van der Waals surface area contributed by atoms with Crippen LogP contribution in [0.1, 0.15) is 36.8 Å². The molecule has 0 bridgehead atoms. The van der Waals surface area contributed by atoms with Gasteiger partial charge in [-0.05, 0) is 26.3 Å². The molecule has 0 saturated carbocycles. The first-order valence-corrected chi connectivity index (χ1v) is 7.75. The Bertz CT molecular complexity index is 874. The van der Waals surface area contributed by atoms with E-state index in [0.29, 0.717) is 10.4 Å². The standard InChI is InChI=1S/C14H16F3N3O2S/c1-7(2)20-11(21)10-8(3)9(6-18)23-12(10)19(13(20)22)5-4-14(15,16)17/h6-7,18H,4-5H2,1-3H3. The SMILES string of the molecule is Cc1c(C=N)sc2c1c(=O)n(C(C)C)c(=O)n2CCC(F)(F)F. The Morgan fingerprint density at radius 1 is 1.30 bits per heavy atom. The van der Waals surface area contributed by atoms with E-state index in [4.69, 9.17) is 5.41 Å². The van der Waals surface area contributed by atoms with E-state index in [9.17, 15) is 22.8 Å². The number of hydrogen-bond donors (Lipinski definition) is 1. The van der Waals surface area contributed by atoms with Crippen LogP contribution in [0.25, 0.3) is 10.2 Å². The van der Waals surface area contributed by atoms with Gasteiger partial charge in [-0.3, -0.25) is 13.9 Å². The van der Waals surface area contributed by atoms with E-state index in [1.165, 1.54) is 0 Å². The monoisotopic (exact) mass is 347 g/mol. The number of nitrogens with zero attached hydrogens (tertiary/aromatic N) is 2. The summed E-state index contributed by atoms with van der Waals surface area (Å²) in [6, 6.07) is -0.473. The smallest absolute Gasteiger partial charge is 0.307 e. The van der Waals surface area contributed by atoms with Crippen molar-refractivity contribution in [2.45, 2.75) is 46.0 Å². The molecule has 0 spiro atoms. The third-order valence-corrected chi connectivity index (χ3v) is 4.81. The van der Waals surface area contributed by atoms with Crippen molar-refractivity contribution in [2.75, 3.05) is 0 Å². The van der Waals surface area contributed by atoms with Crippen LogP contribution in [0.5, 0.6) is 0 Å². The molecule has 0 atom stereocenters. The molecule has 0 aliphatic rings. The molecule has 0 aliphatic heterocycles. The van der Waals surface area contributed by atoms with Crippen molar-refractivity contribution in [3.63, 3.8) is 0 Å². The molecule has 0 amide bonds. The van der Waals surface area contributed by atoms with Crippen LogP contribution in [0.4, 0.5) is 13.2 Å². The molecule has 0 aromatic carbocycles. The van der Waals surface area contributed by atoms with E-state index in [2.05, 4.69) is 0 Å². The highest BCUT2D eigenvalue weighted by atomic mass is 32.1. The number of thiophene rings is 1. The van der Waals surface area contributed by atoms with E-state index in [1.807, 2.05) is 0 Å². The number of rotatable bonds is 4. The van der Waals surface area contributed by atoms with Gasteiger partial charge in [0, 0.05) is 18.8 Å². The number of fused-ring (bicyclic) bond motifs is 1. The third kappa shape index (κ3) is 3.10. The maximum Gasteiger partial charge on any atom is 0.390 e. The van der Waals surface area contributed by atoms with E-state index >= 15 is 0 Å². The predicted octanol–water partition coefficient (Wildman–Crippen LogP) is 3.06. The number of nitrogens with one attached hydrogen (secondary N) is 1. The van der Waals surface area contributed by atoms with Crippen molar-refractivity contribution in [3.05, 3.63) is 31.3 Å². The van der Waals surface area contributed by atoms with Crippen LogP contribution < -0.4 is 11.2 Å². The maximum atomic E-state index is 12.6. The number of alkyl halides is 3. The van der Waals surface area contributed by atoms with Crippen LogP contribution >= 0.6 is 11.3 Å². The average molecular weight is 347 g/mol. The number of aromatic nitrogens is 2. The molecule has 2 aromatic rings. The number of halogens is 3. The number of aryl methyl sites for hydroxylation is 2. The summed E-state index contributed by atoms with van der Waals surface area (Å²) in [5, 5.41) is 7.57. The van der Waals surface area contributed by atoms with Gasteiger partial charge in [0.2, 0.25) is 0 Å². The topological polar surface area (TPSA) is 67.8 Å². The van der Waals surface area contributed by atoms with Gasteiger partial charge in [0.15, 0.2) is 0 Å². The summed E-state index contributed by atoms with van der Waals surface area (Å²) in [5.41, 5.74) is -0.759. The second-order valence-corrected chi connectivity index (χ2v) is 6.51. The fraction of sp³-hybridized carbons (Fsp3) is 0.500. The quantitative estimate of drug-likeness (QED) is 0.864. The lowest BCUT2D eigenvalue weighted by molar-refractivity contribution is -0.136. The van der Waals surface area contributed by atoms with E-state index < -0.39 is 36.4 Å². The zero-order chi connectivity index (χ0) is 17.5. The molecule has 0 unspecified atom stereocenters. The van der Waals surface area contributed by atoms with Crippen LogP contribution in [0.3, 0.4) is 0 Å².